The van der Waals surface area contributed by atoms with Gasteiger partial charge < -0.3 is 10.6 Å². The summed E-state index contributed by atoms with van der Waals surface area (Å²) < 4.78 is 68.4. The Hall–Kier alpha value is -3.54. The number of nitrogens with one attached hydrogen (secondary N) is 2. The van der Waals surface area contributed by atoms with E-state index in [0.29, 0.717) is 34.0 Å². The van der Waals surface area contributed by atoms with Crippen molar-refractivity contribution in [1.29, 1.82) is 0 Å². The molecule has 4 aromatic rings. The van der Waals surface area contributed by atoms with Gasteiger partial charge in [-0.25, -0.2) is 18.7 Å². The van der Waals surface area contributed by atoms with Crippen molar-refractivity contribution in [3.8, 4) is 22.5 Å². The van der Waals surface area contributed by atoms with E-state index in [-0.39, 0.29) is 13.1 Å². The summed E-state index contributed by atoms with van der Waals surface area (Å²) in [5, 5.41) is 9.23. The molecule has 5 heterocycles. The molecule has 0 bridgehead atoms. The van der Waals surface area contributed by atoms with E-state index in [1.54, 1.807) is 47.1 Å². The number of pyridine rings is 2. The maximum absolute atomic E-state index is 13.9. The van der Waals surface area contributed by atoms with Crippen LogP contribution in [0.5, 0.6) is 0 Å². The van der Waals surface area contributed by atoms with Crippen LogP contribution in [-0.2, 0) is 6.54 Å². The van der Waals surface area contributed by atoms with E-state index in [2.05, 4.69) is 25.7 Å². The number of hydrogen-bond donors (Lipinski definition) is 2. The van der Waals surface area contributed by atoms with Gasteiger partial charge in [0.15, 0.2) is 0 Å². The van der Waals surface area contributed by atoms with E-state index in [9.17, 15) is 22.0 Å². The summed E-state index contributed by atoms with van der Waals surface area (Å²) in [5.41, 5.74) is 2.87. The van der Waals surface area contributed by atoms with Gasteiger partial charge in [-0.3, -0.25) is 9.08 Å². The molecule has 4 aromatic heterocycles. The van der Waals surface area contributed by atoms with E-state index >= 15 is 0 Å². The van der Waals surface area contributed by atoms with Gasteiger partial charge in [0.25, 0.3) is 5.92 Å². The van der Waals surface area contributed by atoms with Crippen molar-refractivity contribution < 1.29 is 22.0 Å². The molecule has 5 rings (SSSR count). The fourth-order valence-corrected chi connectivity index (χ4v) is 3.77. The van der Waals surface area contributed by atoms with Crippen LogP contribution in [0.25, 0.3) is 28.2 Å². The van der Waals surface area contributed by atoms with Crippen LogP contribution >= 0.6 is 0 Å². The lowest BCUT2D eigenvalue weighted by Gasteiger charge is -2.20. The monoisotopic (exact) mass is 463 g/mol. The maximum Gasteiger partial charge on any atom is 0.408 e. The summed E-state index contributed by atoms with van der Waals surface area (Å²) in [6, 6.07) is 7.45. The van der Waals surface area contributed by atoms with Crippen molar-refractivity contribution in [2.45, 2.75) is 24.7 Å². The topological polar surface area (TPSA) is 72.1 Å². The van der Waals surface area contributed by atoms with E-state index in [0.717, 1.165) is 4.68 Å². The first kappa shape index (κ1) is 21.3. The van der Waals surface area contributed by atoms with Gasteiger partial charge in [0.2, 0.25) is 0 Å². The summed E-state index contributed by atoms with van der Waals surface area (Å²) in [4.78, 5) is 8.81. The Bertz CT molecular complexity index is 1290. The SMILES string of the molecule is FC(F)(F)Cn1cc(-c2ccc3ncc(-c4cccc(NC5CNCC5(F)F)n4)n3c2)cn1. The van der Waals surface area contributed by atoms with Gasteiger partial charge in [0, 0.05) is 30.1 Å². The molecule has 0 amide bonds. The highest BCUT2D eigenvalue weighted by atomic mass is 19.4. The molecule has 172 valence electrons. The van der Waals surface area contributed by atoms with Gasteiger partial charge in [0.05, 0.1) is 30.3 Å². The smallest absolute Gasteiger partial charge is 0.360 e. The summed E-state index contributed by atoms with van der Waals surface area (Å²) in [5.74, 6) is -2.58. The first-order valence-electron chi connectivity index (χ1n) is 10.1. The molecule has 0 aromatic carbocycles. The maximum atomic E-state index is 13.9. The number of hydrogen-bond acceptors (Lipinski definition) is 5. The van der Waals surface area contributed by atoms with Crippen LogP contribution in [0.4, 0.5) is 27.8 Å². The minimum atomic E-state index is -4.37. The van der Waals surface area contributed by atoms with Crippen LogP contribution in [0.15, 0.2) is 55.1 Å². The number of imidazole rings is 1. The van der Waals surface area contributed by atoms with Crippen LogP contribution in [-0.4, -0.2) is 55.4 Å². The Morgan fingerprint density at radius 3 is 2.70 bits per heavy atom. The highest BCUT2D eigenvalue weighted by Gasteiger charge is 2.44. The number of nitrogens with zero attached hydrogens (tertiary/aromatic N) is 5. The molecule has 0 saturated carbocycles. The van der Waals surface area contributed by atoms with Crippen LogP contribution in [0.3, 0.4) is 0 Å². The lowest BCUT2D eigenvalue weighted by Crippen LogP contribution is -2.38. The standard InChI is InChI=1S/C21H18F5N7/c22-20(23)11-27-8-17(20)31-18-3-1-2-15(30-18)16-7-28-19-5-4-13(10-33(16)19)14-6-29-32(9-14)12-21(24,25)26/h1-7,9-10,17,27H,8,11-12H2,(H,30,31). The molecule has 1 aliphatic heterocycles. The Labute approximate surface area is 184 Å². The molecule has 1 aliphatic rings. The minimum Gasteiger partial charge on any atom is -0.360 e. The zero-order chi connectivity index (χ0) is 23.2. The van der Waals surface area contributed by atoms with Crippen LogP contribution in [0, 0.1) is 0 Å². The lowest BCUT2D eigenvalue weighted by molar-refractivity contribution is -0.142. The molecule has 2 N–H and O–H groups in total. The molecule has 0 aliphatic carbocycles. The fourth-order valence-electron chi connectivity index (χ4n) is 3.77. The molecule has 7 nitrogen and oxygen atoms in total. The Kier molecular flexibility index (Phi) is 5.04. The second-order valence-electron chi connectivity index (χ2n) is 7.83. The van der Waals surface area contributed by atoms with Gasteiger partial charge in [-0.05, 0) is 24.3 Å². The van der Waals surface area contributed by atoms with Crippen molar-refractivity contribution in [3.63, 3.8) is 0 Å². The first-order valence-corrected chi connectivity index (χ1v) is 10.1. The number of rotatable bonds is 5. The zero-order valence-corrected chi connectivity index (χ0v) is 17.0. The van der Waals surface area contributed by atoms with Crippen LogP contribution < -0.4 is 10.6 Å². The van der Waals surface area contributed by atoms with Crippen molar-refractivity contribution in [2.75, 3.05) is 18.4 Å². The predicted molar refractivity (Wildman–Crippen MR) is 111 cm³/mol. The average Bonchev–Trinajstić information content (AvgIpc) is 3.45. The molecule has 12 heteroatoms. The van der Waals surface area contributed by atoms with Gasteiger partial charge in [-0.1, -0.05) is 6.07 Å². The highest BCUT2D eigenvalue weighted by Crippen LogP contribution is 2.28. The number of alkyl halides is 5. The number of halogens is 5. The van der Waals surface area contributed by atoms with Crippen LogP contribution in [0.2, 0.25) is 0 Å². The van der Waals surface area contributed by atoms with Crippen molar-refractivity contribution in [3.05, 3.63) is 55.1 Å². The third-order valence-corrected chi connectivity index (χ3v) is 5.37. The minimum absolute atomic E-state index is 0.125. The molecular weight excluding hydrogens is 445 g/mol. The molecule has 1 saturated heterocycles. The van der Waals surface area contributed by atoms with Gasteiger partial charge in [-0.15, -0.1) is 0 Å². The predicted octanol–water partition coefficient (Wildman–Crippen LogP) is 3.84. The molecule has 1 unspecified atom stereocenters. The zero-order valence-electron chi connectivity index (χ0n) is 17.0. The number of aromatic nitrogens is 5. The van der Waals surface area contributed by atoms with Gasteiger partial charge >= 0.3 is 6.18 Å². The Balaban J connectivity index is 1.45. The quantitative estimate of drug-likeness (QED) is 0.440. The average molecular weight is 463 g/mol. The summed E-state index contributed by atoms with van der Waals surface area (Å²) in [6.07, 6.45) is 1.65. The number of fused-ring (bicyclic) bond motifs is 1. The molecule has 1 atom stereocenters. The van der Waals surface area contributed by atoms with Gasteiger partial charge in [0.1, 0.15) is 24.1 Å². The van der Waals surface area contributed by atoms with Gasteiger partial charge in [-0.2, -0.15) is 18.3 Å². The summed E-state index contributed by atoms with van der Waals surface area (Å²) >= 11 is 0. The van der Waals surface area contributed by atoms with E-state index in [1.165, 1.54) is 12.4 Å². The Morgan fingerprint density at radius 1 is 1.09 bits per heavy atom. The fraction of sp³-hybridized carbons (Fsp3) is 0.286. The first-order chi connectivity index (χ1) is 15.7. The van der Waals surface area contributed by atoms with Crippen molar-refractivity contribution in [1.82, 2.24) is 29.5 Å². The van der Waals surface area contributed by atoms with E-state index < -0.39 is 24.7 Å². The number of anilines is 1. The van der Waals surface area contributed by atoms with Crippen molar-refractivity contribution in [2.24, 2.45) is 0 Å². The lowest BCUT2D eigenvalue weighted by atomic mass is 10.1. The molecule has 0 radical (unpaired) electrons. The van der Waals surface area contributed by atoms with E-state index in [4.69, 9.17) is 0 Å². The normalized spacial score (nSPS) is 18.2. The van der Waals surface area contributed by atoms with Crippen LogP contribution in [0.1, 0.15) is 0 Å². The molecule has 33 heavy (non-hydrogen) atoms. The summed E-state index contributed by atoms with van der Waals surface area (Å²) in [6.45, 7) is -1.44. The second kappa shape index (κ2) is 7.80. The highest BCUT2D eigenvalue weighted by molar-refractivity contribution is 5.67. The molecule has 1 fully saturated rings. The summed E-state index contributed by atoms with van der Waals surface area (Å²) in [7, 11) is 0. The third-order valence-electron chi connectivity index (χ3n) is 5.37. The molecular formula is C21H18F5N7. The third kappa shape index (κ3) is 4.38. The largest absolute Gasteiger partial charge is 0.408 e. The second-order valence-corrected chi connectivity index (χ2v) is 7.83. The van der Waals surface area contributed by atoms with Crippen molar-refractivity contribution >= 4 is 11.5 Å². The Morgan fingerprint density at radius 2 is 1.94 bits per heavy atom. The van der Waals surface area contributed by atoms with E-state index in [1.807, 2.05) is 0 Å². The molecule has 0 spiro atoms.